The van der Waals surface area contributed by atoms with Gasteiger partial charge in [-0.1, -0.05) is 110 Å². The van der Waals surface area contributed by atoms with Crippen molar-refractivity contribution in [2.24, 2.45) is 0 Å². The maximum absolute atomic E-state index is 12.5. The summed E-state index contributed by atoms with van der Waals surface area (Å²) in [5, 5.41) is 32.5. The summed E-state index contributed by atoms with van der Waals surface area (Å²) in [5.41, 5.74) is 6.63. The molecule has 0 aromatic heterocycles. The summed E-state index contributed by atoms with van der Waals surface area (Å²) < 4.78 is 13.2. The van der Waals surface area contributed by atoms with Crippen LogP contribution in [-0.2, 0) is 32.2 Å². The molecule has 4 N–H and O–H groups in total. The number of carbonyl (C=O) groups excluding carboxylic acids is 1. The number of rotatable bonds is 17. The second-order valence-corrected chi connectivity index (χ2v) is 13.4. The lowest BCUT2D eigenvalue weighted by atomic mass is 9.97. The van der Waals surface area contributed by atoms with Crippen molar-refractivity contribution < 1.29 is 34.4 Å². The second kappa shape index (κ2) is 18.7. The molecule has 0 aliphatic carbocycles. The van der Waals surface area contributed by atoms with E-state index in [4.69, 9.17) is 14.6 Å². The van der Waals surface area contributed by atoms with Crippen molar-refractivity contribution in [3.05, 3.63) is 131 Å². The van der Waals surface area contributed by atoms with Gasteiger partial charge in [-0.05, 0) is 60.2 Å². The topological polar surface area (TPSA) is 129 Å². The molecule has 270 valence electrons. The Morgan fingerprint density at radius 3 is 2.22 bits per heavy atom. The summed E-state index contributed by atoms with van der Waals surface area (Å²) in [7, 11) is 2.01. The van der Waals surface area contributed by atoms with E-state index in [-0.39, 0.29) is 37.2 Å². The fourth-order valence-corrected chi connectivity index (χ4v) is 6.49. The zero-order valence-corrected chi connectivity index (χ0v) is 29.5. The van der Waals surface area contributed by atoms with E-state index in [1.165, 1.54) is 0 Å². The first kappa shape index (κ1) is 37.9. The molecule has 1 aliphatic heterocycles. The number of hydrogen-bond donors (Lipinski definition) is 4. The molecule has 1 fully saturated rings. The number of aliphatic hydroxyl groups excluding tert-OH is 2. The highest BCUT2D eigenvalue weighted by molar-refractivity contribution is 5.76. The SMILES string of the molecule is C[C@H]([C@@H](O)c1ccccc1)N(C)C[C@@H]1C[C@H](c2ccc(CO)cc2)O[C@H](c2ccc(-c3ccccc3CNC(=O)CCCCCC(=O)O)cc2)O1. The normalized spacial score (nSPS) is 18.6. The Balaban J connectivity index is 1.27. The van der Waals surface area contributed by atoms with Gasteiger partial charge in [-0.15, -0.1) is 0 Å². The Morgan fingerprint density at radius 1 is 0.843 bits per heavy atom. The number of carboxylic acid groups (broad SMARTS) is 1. The van der Waals surface area contributed by atoms with Crippen LogP contribution in [0.5, 0.6) is 0 Å². The van der Waals surface area contributed by atoms with E-state index < -0.39 is 18.4 Å². The van der Waals surface area contributed by atoms with Crippen LogP contribution in [0.25, 0.3) is 11.1 Å². The van der Waals surface area contributed by atoms with Gasteiger partial charge in [-0.25, -0.2) is 0 Å². The second-order valence-electron chi connectivity index (χ2n) is 13.4. The average molecular weight is 695 g/mol. The minimum absolute atomic E-state index is 0.0232. The first-order valence-corrected chi connectivity index (χ1v) is 17.8. The van der Waals surface area contributed by atoms with Gasteiger partial charge in [0.15, 0.2) is 6.29 Å². The van der Waals surface area contributed by atoms with Crippen LogP contribution in [-0.4, -0.2) is 57.8 Å². The van der Waals surface area contributed by atoms with Crippen LogP contribution < -0.4 is 5.32 Å². The van der Waals surface area contributed by atoms with Crippen molar-refractivity contribution in [3.63, 3.8) is 0 Å². The summed E-state index contributed by atoms with van der Waals surface area (Å²) >= 11 is 0. The standard InChI is InChI=1S/C42H50N2O7/c1-29(41(49)33-11-5-3-6-12-33)44(2)27-36-25-38(32-19-17-30(28-45)18-20-32)51-42(50-36)34-23-21-31(22-24-34)37-14-10-9-13-35(37)26-43-39(46)15-7-4-8-16-40(47)48/h3,5-6,9-14,17-24,29,36,38,41-42,45,49H,4,7-8,15-16,25-28H2,1-2H3,(H,43,46)(H,47,48)/t29-,36+,38-,41-,42-/m1/s1. The Bertz CT molecular complexity index is 1680. The van der Waals surface area contributed by atoms with Gasteiger partial charge in [0.1, 0.15) is 0 Å². The van der Waals surface area contributed by atoms with Gasteiger partial charge in [0.05, 0.1) is 24.9 Å². The number of amides is 1. The lowest BCUT2D eigenvalue weighted by Gasteiger charge is -2.39. The van der Waals surface area contributed by atoms with Crippen LogP contribution in [0.15, 0.2) is 103 Å². The van der Waals surface area contributed by atoms with Gasteiger partial charge in [0, 0.05) is 44.0 Å². The third-order valence-corrected chi connectivity index (χ3v) is 9.68. The molecule has 1 heterocycles. The highest BCUT2D eigenvalue weighted by Crippen LogP contribution is 2.39. The molecule has 9 heteroatoms. The summed E-state index contributed by atoms with van der Waals surface area (Å²) in [4.78, 5) is 25.3. The Morgan fingerprint density at radius 2 is 1.51 bits per heavy atom. The predicted octanol–water partition coefficient (Wildman–Crippen LogP) is 7.10. The predicted molar refractivity (Wildman–Crippen MR) is 196 cm³/mol. The van der Waals surface area contributed by atoms with Gasteiger partial charge in [-0.3, -0.25) is 14.5 Å². The van der Waals surface area contributed by atoms with Crippen molar-refractivity contribution >= 4 is 11.9 Å². The molecule has 9 nitrogen and oxygen atoms in total. The fraction of sp³-hybridized carbons (Fsp3) is 0.381. The molecular formula is C42H50N2O7. The monoisotopic (exact) mass is 694 g/mol. The van der Waals surface area contributed by atoms with Gasteiger partial charge >= 0.3 is 5.97 Å². The van der Waals surface area contributed by atoms with Gasteiger partial charge in [-0.2, -0.15) is 0 Å². The minimum Gasteiger partial charge on any atom is -0.481 e. The van der Waals surface area contributed by atoms with Crippen molar-refractivity contribution in [1.29, 1.82) is 0 Å². The van der Waals surface area contributed by atoms with E-state index in [2.05, 4.69) is 10.2 Å². The Kier molecular flexibility index (Phi) is 13.9. The first-order chi connectivity index (χ1) is 24.7. The van der Waals surface area contributed by atoms with Crippen LogP contribution in [0.4, 0.5) is 0 Å². The van der Waals surface area contributed by atoms with Gasteiger partial charge in [0.25, 0.3) is 0 Å². The number of unbranched alkanes of at least 4 members (excludes halogenated alkanes) is 2. The molecule has 4 aromatic rings. The molecule has 5 rings (SSSR count). The van der Waals surface area contributed by atoms with Crippen molar-refractivity contribution in [2.75, 3.05) is 13.6 Å². The number of nitrogens with one attached hydrogen (secondary N) is 1. The number of hydrogen-bond acceptors (Lipinski definition) is 7. The molecule has 1 aliphatic rings. The maximum Gasteiger partial charge on any atom is 0.303 e. The molecule has 0 saturated carbocycles. The molecule has 51 heavy (non-hydrogen) atoms. The zero-order valence-electron chi connectivity index (χ0n) is 29.5. The van der Waals surface area contributed by atoms with E-state index in [0.29, 0.717) is 45.2 Å². The third-order valence-electron chi connectivity index (χ3n) is 9.68. The van der Waals surface area contributed by atoms with Gasteiger partial charge in [0.2, 0.25) is 5.91 Å². The molecular weight excluding hydrogens is 644 g/mol. The third kappa shape index (κ3) is 10.8. The number of ether oxygens (including phenoxy) is 2. The molecule has 1 amide bonds. The number of aliphatic carboxylic acids is 1. The number of carboxylic acids is 1. The molecule has 0 bridgehead atoms. The summed E-state index contributed by atoms with van der Waals surface area (Å²) in [6, 6.07) is 33.5. The number of likely N-dealkylation sites (N-methyl/N-ethyl adjacent to an activating group) is 1. The van der Waals surface area contributed by atoms with E-state index in [1.54, 1.807) is 0 Å². The first-order valence-electron chi connectivity index (χ1n) is 17.8. The smallest absolute Gasteiger partial charge is 0.303 e. The summed E-state index contributed by atoms with van der Waals surface area (Å²) in [5.74, 6) is -0.859. The molecule has 0 radical (unpaired) electrons. The lowest BCUT2D eigenvalue weighted by molar-refractivity contribution is -0.253. The zero-order chi connectivity index (χ0) is 36.2. The van der Waals surface area contributed by atoms with Crippen LogP contribution in [0.3, 0.4) is 0 Å². The molecule has 1 saturated heterocycles. The Labute approximate surface area is 300 Å². The van der Waals surface area contributed by atoms with Gasteiger partial charge < -0.3 is 30.1 Å². The highest BCUT2D eigenvalue weighted by atomic mass is 16.7. The number of carbonyl (C=O) groups is 2. The summed E-state index contributed by atoms with van der Waals surface area (Å²) in [6.07, 6.45) is 1.40. The minimum atomic E-state index is -0.810. The van der Waals surface area contributed by atoms with Crippen molar-refractivity contribution in [2.45, 2.75) is 89.2 Å². The lowest BCUT2D eigenvalue weighted by Crippen LogP contribution is -2.43. The largest absolute Gasteiger partial charge is 0.481 e. The number of nitrogens with zero attached hydrogens (tertiary/aromatic N) is 1. The van der Waals surface area contributed by atoms with Crippen LogP contribution in [0.2, 0.25) is 0 Å². The molecule has 4 aromatic carbocycles. The number of benzene rings is 4. The maximum atomic E-state index is 12.5. The van der Waals surface area contributed by atoms with E-state index >= 15 is 0 Å². The van der Waals surface area contributed by atoms with Crippen LogP contribution >= 0.6 is 0 Å². The van der Waals surface area contributed by atoms with E-state index in [1.807, 2.05) is 117 Å². The molecule has 0 unspecified atom stereocenters. The van der Waals surface area contributed by atoms with Crippen molar-refractivity contribution in [1.82, 2.24) is 10.2 Å². The van der Waals surface area contributed by atoms with Crippen LogP contribution in [0.1, 0.15) is 91.8 Å². The Hall–Kier alpha value is -4.38. The van der Waals surface area contributed by atoms with Crippen LogP contribution in [0, 0.1) is 0 Å². The fourth-order valence-electron chi connectivity index (χ4n) is 6.49. The van der Waals surface area contributed by atoms with E-state index in [9.17, 15) is 19.8 Å². The quantitative estimate of drug-likeness (QED) is 0.0863. The average Bonchev–Trinajstić information content (AvgIpc) is 3.16. The van der Waals surface area contributed by atoms with E-state index in [0.717, 1.165) is 38.9 Å². The molecule has 0 spiro atoms. The van der Waals surface area contributed by atoms with Crippen molar-refractivity contribution in [3.8, 4) is 11.1 Å². The molecule has 5 atom stereocenters. The highest BCUT2D eigenvalue weighted by Gasteiger charge is 2.34. The number of aliphatic hydroxyl groups is 2. The summed E-state index contributed by atoms with van der Waals surface area (Å²) in [6.45, 7) is 2.98.